The molecule has 0 saturated heterocycles. The number of amides is 1. The predicted octanol–water partition coefficient (Wildman–Crippen LogP) is 5.28. The second kappa shape index (κ2) is 10.0. The van der Waals surface area contributed by atoms with Crippen LogP contribution >= 0.6 is 22.9 Å². The summed E-state index contributed by atoms with van der Waals surface area (Å²) < 4.78 is 32.8. The molecule has 168 valence electrons. The van der Waals surface area contributed by atoms with E-state index in [4.69, 9.17) is 16.3 Å². The van der Waals surface area contributed by atoms with Crippen LogP contribution in [0.1, 0.15) is 0 Å². The van der Waals surface area contributed by atoms with Crippen LogP contribution in [0, 0.1) is 0 Å². The molecule has 1 aromatic heterocycles. The van der Waals surface area contributed by atoms with E-state index >= 15 is 0 Å². The van der Waals surface area contributed by atoms with Gasteiger partial charge in [0.05, 0.1) is 4.90 Å². The Morgan fingerprint density at radius 3 is 2.33 bits per heavy atom. The standard InChI is InChI=1S/C23H18ClN3O4S2/c24-18-2-1-3-20(14-18)31-15-22(28)26-19-8-4-16(5-9-19)17-6-10-21(11-7-17)33(29,30)27-23-25-12-13-32-23/h1-14H,15H2,(H,25,27)(H,26,28). The summed E-state index contributed by atoms with van der Waals surface area (Å²) in [6.07, 6.45) is 1.53. The van der Waals surface area contributed by atoms with Gasteiger partial charge < -0.3 is 10.1 Å². The number of carbonyl (C=O) groups excluding carboxylic acids is 1. The summed E-state index contributed by atoms with van der Waals surface area (Å²) in [6.45, 7) is -0.146. The summed E-state index contributed by atoms with van der Waals surface area (Å²) in [4.78, 5) is 16.2. The Morgan fingerprint density at radius 1 is 1.00 bits per heavy atom. The summed E-state index contributed by atoms with van der Waals surface area (Å²) in [5.74, 6) is 0.213. The summed E-state index contributed by atoms with van der Waals surface area (Å²) in [7, 11) is -3.70. The van der Waals surface area contributed by atoms with Crippen molar-refractivity contribution in [2.75, 3.05) is 16.6 Å². The number of hydrogen-bond acceptors (Lipinski definition) is 6. The maximum atomic E-state index is 12.5. The number of sulfonamides is 1. The second-order valence-corrected chi connectivity index (χ2v) is 9.85. The molecule has 0 saturated carbocycles. The minimum Gasteiger partial charge on any atom is -0.484 e. The Balaban J connectivity index is 1.36. The highest BCUT2D eigenvalue weighted by Gasteiger charge is 2.15. The molecular formula is C23H18ClN3O4S2. The van der Waals surface area contributed by atoms with Crippen molar-refractivity contribution < 1.29 is 17.9 Å². The summed E-state index contributed by atoms with van der Waals surface area (Å²) in [5, 5.41) is 5.31. The molecule has 4 rings (SSSR count). The Bertz CT molecular complexity index is 1340. The number of hydrogen-bond donors (Lipinski definition) is 2. The van der Waals surface area contributed by atoms with Crippen LogP contribution in [0.3, 0.4) is 0 Å². The average molecular weight is 500 g/mol. The molecule has 1 amide bonds. The van der Waals surface area contributed by atoms with Gasteiger partial charge in [-0.1, -0.05) is 41.9 Å². The molecule has 0 aliphatic rings. The van der Waals surface area contributed by atoms with Gasteiger partial charge in [-0.3, -0.25) is 9.52 Å². The lowest BCUT2D eigenvalue weighted by Gasteiger charge is -2.09. The molecule has 0 bridgehead atoms. The zero-order valence-electron chi connectivity index (χ0n) is 17.1. The number of benzene rings is 3. The second-order valence-electron chi connectivity index (χ2n) is 6.84. The van der Waals surface area contributed by atoms with Crippen LogP contribution in [0.25, 0.3) is 11.1 Å². The average Bonchev–Trinajstić information content (AvgIpc) is 3.31. The van der Waals surface area contributed by atoms with Crippen molar-refractivity contribution in [3.8, 4) is 16.9 Å². The van der Waals surface area contributed by atoms with Gasteiger partial charge in [0.15, 0.2) is 11.7 Å². The summed E-state index contributed by atoms with van der Waals surface area (Å²) in [6, 6.07) is 20.6. The molecule has 7 nitrogen and oxygen atoms in total. The highest BCUT2D eigenvalue weighted by atomic mass is 35.5. The van der Waals surface area contributed by atoms with Gasteiger partial charge >= 0.3 is 0 Å². The van der Waals surface area contributed by atoms with Crippen LogP contribution in [0.4, 0.5) is 10.8 Å². The highest BCUT2D eigenvalue weighted by Crippen LogP contribution is 2.24. The van der Waals surface area contributed by atoms with E-state index in [-0.39, 0.29) is 17.4 Å². The molecule has 0 radical (unpaired) electrons. The number of thiazole rings is 1. The summed E-state index contributed by atoms with van der Waals surface area (Å²) >= 11 is 7.11. The molecule has 0 aliphatic heterocycles. The lowest BCUT2D eigenvalue weighted by Crippen LogP contribution is -2.20. The zero-order valence-corrected chi connectivity index (χ0v) is 19.5. The molecule has 0 fully saturated rings. The lowest BCUT2D eigenvalue weighted by atomic mass is 10.1. The first-order valence-electron chi connectivity index (χ1n) is 9.70. The number of anilines is 2. The number of halogens is 1. The van der Waals surface area contributed by atoms with Gasteiger partial charge in [-0.15, -0.1) is 11.3 Å². The monoisotopic (exact) mass is 499 g/mol. The van der Waals surface area contributed by atoms with Gasteiger partial charge in [-0.2, -0.15) is 0 Å². The van der Waals surface area contributed by atoms with Crippen molar-refractivity contribution >= 4 is 49.7 Å². The fraction of sp³-hybridized carbons (Fsp3) is 0.0435. The van der Waals surface area contributed by atoms with Crippen LogP contribution in [0.5, 0.6) is 5.75 Å². The number of nitrogens with zero attached hydrogens (tertiary/aromatic N) is 1. The third kappa shape index (κ3) is 6.10. The van der Waals surface area contributed by atoms with Crippen LogP contribution < -0.4 is 14.8 Å². The predicted molar refractivity (Wildman–Crippen MR) is 130 cm³/mol. The van der Waals surface area contributed by atoms with Crippen LogP contribution in [-0.4, -0.2) is 25.9 Å². The van der Waals surface area contributed by atoms with Gasteiger partial charge in [0.1, 0.15) is 5.75 Å². The largest absolute Gasteiger partial charge is 0.484 e. The number of nitrogens with one attached hydrogen (secondary N) is 2. The summed E-state index contributed by atoms with van der Waals surface area (Å²) in [5.41, 5.74) is 2.33. The highest BCUT2D eigenvalue weighted by molar-refractivity contribution is 7.93. The van der Waals surface area contributed by atoms with Gasteiger partial charge in [-0.05, 0) is 53.6 Å². The molecule has 4 aromatic rings. The molecule has 33 heavy (non-hydrogen) atoms. The molecule has 0 atom stereocenters. The van der Waals surface area contributed by atoms with E-state index in [2.05, 4.69) is 15.0 Å². The molecule has 0 unspecified atom stereocenters. The first-order valence-corrected chi connectivity index (χ1v) is 12.4. The van der Waals surface area contributed by atoms with Crippen molar-refractivity contribution in [1.29, 1.82) is 0 Å². The van der Waals surface area contributed by atoms with E-state index in [0.29, 0.717) is 21.6 Å². The van der Waals surface area contributed by atoms with Gasteiger partial charge in [0.2, 0.25) is 0 Å². The van der Waals surface area contributed by atoms with Gasteiger partial charge in [-0.25, -0.2) is 13.4 Å². The molecular weight excluding hydrogens is 482 g/mol. The minimum absolute atomic E-state index is 0.144. The Morgan fingerprint density at radius 2 is 1.70 bits per heavy atom. The van der Waals surface area contributed by atoms with Crippen LogP contribution in [0.2, 0.25) is 5.02 Å². The molecule has 1 heterocycles. The van der Waals surface area contributed by atoms with E-state index in [0.717, 1.165) is 11.1 Å². The lowest BCUT2D eigenvalue weighted by molar-refractivity contribution is -0.118. The Hall–Kier alpha value is -3.40. The molecule has 10 heteroatoms. The number of carbonyl (C=O) groups is 1. The molecule has 3 aromatic carbocycles. The van der Waals surface area contributed by atoms with Crippen molar-refractivity contribution in [2.45, 2.75) is 4.90 Å². The maximum absolute atomic E-state index is 12.5. The molecule has 0 spiro atoms. The first-order chi connectivity index (χ1) is 15.9. The Labute approximate surface area is 200 Å². The van der Waals surface area contributed by atoms with Crippen LogP contribution in [0.15, 0.2) is 89.3 Å². The SMILES string of the molecule is O=C(COc1cccc(Cl)c1)Nc1ccc(-c2ccc(S(=O)(=O)Nc3nccs3)cc2)cc1. The minimum atomic E-state index is -3.70. The number of rotatable bonds is 8. The van der Waals surface area contributed by atoms with Crippen molar-refractivity contribution in [3.05, 3.63) is 89.4 Å². The number of aromatic nitrogens is 1. The van der Waals surface area contributed by atoms with Gasteiger partial charge in [0.25, 0.3) is 15.9 Å². The van der Waals surface area contributed by atoms with E-state index < -0.39 is 10.0 Å². The third-order valence-electron chi connectivity index (χ3n) is 4.49. The fourth-order valence-corrected chi connectivity index (χ4v) is 4.89. The topological polar surface area (TPSA) is 97.4 Å². The van der Waals surface area contributed by atoms with Crippen molar-refractivity contribution in [3.63, 3.8) is 0 Å². The normalized spacial score (nSPS) is 11.1. The Kier molecular flexibility index (Phi) is 6.93. The smallest absolute Gasteiger partial charge is 0.263 e. The quantitative estimate of drug-likeness (QED) is 0.343. The fourth-order valence-electron chi connectivity index (χ4n) is 2.92. The third-order valence-corrected chi connectivity index (χ3v) is 6.89. The van der Waals surface area contributed by atoms with E-state index in [1.54, 1.807) is 53.9 Å². The van der Waals surface area contributed by atoms with E-state index in [9.17, 15) is 13.2 Å². The van der Waals surface area contributed by atoms with Gasteiger partial charge in [0, 0.05) is 22.3 Å². The van der Waals surface area contributed by atoms with Crippen molar-refractivity contribution in [1.82, 2.24) is 4.98 Å². The van der Waals surface area contributed by atoms with E-state index in [1.165, 1.54) is 29.7 Å². The van der Waals surface area contributed by atoms with Crippen molar-refractivity contribution in [2.24, 2.45) is 0 Å². The zero-order chi connectivity index (χ0) is 23.3. The van der Waals surface area contributed by atoms with Crippen LogP contribution in [-0.2, 0) is 14.8 Å². The first kappa shape index (κ1) is 22.8. The molecule has 2 N–H and O–H groups in total. The number of ether oxygens (including phenoxy) is 1. The van der Waals surface area contributed by atoms with E-state index in [1.807, 2.05) is 12.1 Å². The maximum Gasteiger partial charge on any atom is 0.263 e. The molecule has 0 aliphatic carbocycles.